The van der Waals surface area contributed by atoms with Gasteiger partial charge in [0.05, 0.1) is 5.56 Å². The molecule has 1 aromatic carbocycles. The summed E-state index contributed by atoms with van der Waals surface area (Å²) in [5.74, 6) is 0.643. The van der Waals surface area contributed by atoms with E-state index in [1.165, 1.54) is 5.56 Å². The third kappa shape index (κ3) is 4.08. The Morgan fingerprint density at radius 1 is 1.25 bits per heavy atom. The van der Waals surface area contributed by atoms with Crippen LogP contribution in [0.1, 0.15) is 11.1 Å². The first kappa shape index (κ1) is 14.0. The smallest absolute Gasteiger partial charge is 0.137 e. The Balaban J connectivity index is 1.80. The Kier molecular flexibility index (Phi) is 5.10. The fraction of sp³-hybridized carbons (Fsp3) is 0.250. The molecule has 102 valence electrons. The third-order valence-corrected chi connectivity index (χ3v) is 2.91. The van der Waals surface area contributed by atoms with Gasteiger partial charge in [0.15, 0.2) is 0 Å². The summed E-state index contributed by atoms with van der Waals surface area (Å²) in [6.07, 6.45) is 3.63. The first-order valence-corrected chi connectivity index (χ1v) is 6.49. The van der Waals surface area contributed by atoms with Crippen LogP contribution in [-0.2, 0) is 6.54 Å². The Labute approximate surface area is 119 Å². The fourth-order valence-electron chi connectivity index (χ4n) is 1.88. The largest absolute Gasteiger partial charge is 0.491 e. The average Bonchev–Trinajstić information content (AvgIpc) is 2.49. The highest BCUT2D eigenvalue weighted by Crippen LogP contribution is 2.16. The van der Waals surface area contributed by atoms with Crippen molar-refractivity contribution in [1.82, 2.24) is 9.88 Å². The van der Waals surface area contributed by atoms with Gasteiger partial charge in [-0.1, -0.05) is 18.2 Å². The summed E-state index contributed by atoms with van der Waals surface area (Å²) in [6.45, 7) is 2.17. The molecule has 0 aliphatic carbocycles. The van der Waals surface area contributed by atoms with Gasteiger partial charge in [0.25, 0.3) is 0 Å². The first-order valence-electron chi connectivity index (χ1n) is 6.49. The number of hydrogen-bond acceptors (Lipinski definition) is 4. The number of rotatable bonds is 6. The van der Waals surface area contributed by atoms with Crippen molar-refractivity contribution in [3.05, 3.63) is 59.9 Å². The molecule has 0 atom stereocenters. The Hall–Kier alpha value is -2.38. The lowest BCUT2D eigenvalue weighted by molar-refractivity contribution is 0.232. The number of pyridine rings is 1. The highest BCUT2D eigenvalue weighted by atomic mass is 16.5. The topological polar surface area (TPSA) is 49.1 Å². The molecule has 2 aromatic rings. The molecule has 2 rings (SSSR count). The number of likely N-dealkylation sites (N-methyl/N-ethyl adjacent to an activating group) is 1. The van der Waals surface area contributed by atoms with Crippen LogP contribution in [0.15, 0.2) is 48.8 Å². The molecule has 0 fully saturated rings. The van der Waals surface area contributed by atoms with Gasteiger partial charge in [-0.3, -0.25) is 9.88 Å². The van der Waals surface area contributed by atoms with Gasteiger partial charge in [0, 0.05) is 25.5 Å². The van der Waals surface area contributed by atoms with Gasteiger partial charge < -0.3 is 4.74 Å². The molecular formula is C16H17N3O. The van der Waals surface area contributed by atoms with Crippen LogP contribution in [0.3, 0.4) is 0 Å². The van der Waals surface area contributed by atoms with Gasteiger partial charge in [-0.05, 0) is 30.8 Å². The van der Waals surface area contributed by atoms with E-state index in [1.807, 2.05) is 37.5 Å². The zero-order chi connectivity index (χ0) is 14.2. The summed E-state index contributed by atoms with van der Waals surface area (Å²) in [5.41, 5.74) is 1.75. The van der Waals surface area contributed by atoms with E-state index < -0.39 is 0 Å². The van der Waals surface area contributed by atoms with E-state index in [0.29, 0.717) is 17.9 Å². The lowest BCUT2D eigenvalue weighted by Crippen LogP contribution is -2.24. The molecule has 4 heteroatoms. The second kappa shape index (κ2) is 7.27. The van der Waals surface area contributed by atoms with E-state index in [0.717, 1.165) is 13.1 Å². The summed E-state index contributed by atoms with van der Waals surface area (Å²) in [6, 6.07) is 13.4. The molecule has 1 aromatic heterocycles. The molecule has 0 saturated carbocycles. The quantitative estimate of drug-likeness (QED) is 0.806. The lowest BCUT2D eigenvalue weighted by Gasteiger charge is -2.17. The van der Waals surface area contributed by atoms with E-state index in [9.17, 15) is 0 Å². The average molecular weight is 267 g/mol. The molecule has 0 N–H and O–H groups in total. The van der Waals surface area contributed by atoms with Crippen molar-refractivity contribution in [2.75, 3.05) is 20.2 Å². The molecular weight excluding hydrogens is 250 g/mol. The molecule has 0 aliphatic heterocycles. The maximum atomic E-state index is 8.97. The normalized spacial score (nSPS) is 10.2. The molecule has 0 spiro atoms. The molecule has 4 nitrogen and oxygen atoms in total. The van der Waals surface area contributed by atoms with Crippen molar-refractivity contribution in [2.24, 2.45) is 0 Å². The van der Waals surface area contributed by atoms with E-state index in [2.05, 4.69) is 22.0 Å². The van der Waals surface area contributed by atoms with Gasteiger partial charge in [-0.2, -0.15) is 5.26 Å². The number of nitrogens with zero attached hydrogens (tertiary/aromatic N) is 3. The number of para-hydroxylation sites is 1. The van der Waals surface area contributed by atoms with Gasteiger partial charge in [-0.15, -0.1) is 0 Å². The van der Waals surface area contributed by atoms with E-state index >= 15 is 0 Å². The highest BCUT2D eigenvalue weighted by molar-refractivity contribution is 5.42. The monoisotopic (exact) mass is 267 g/mol. The van der Waals surface area contributed by atoms with Gasteiger partial charge in [-0.25, -0.2) is 0 Å². The predicted octanol–water partition coefficient (Wildman–Crippen LogP) is 2.46. The predicted molar refractivity (Wildman–Crippen MR) is 77.2 cm³/mol. The van der Waals surface area contributed by atoms with Crippen molar-refractivity contribution in [1.29, 1.82) is 5.26 Å². The number of ether oxygens (including phenoxy) is 1. The molecule has 0 bridgehead atoms. The number of aromatic nitrogens is 1. The molecule has 0 unspecified atom stereocenters. The molecule has 0 aliphatic rings. The standard InChI is InChI=1S/C16H17N3O/c1-19(13-14-5-4-8-18-12-14)9-10-20-16-7-3-2-6-15(16)11-17/h2-8,12H,9-10,13H2,1H3. The Morgan fingerprint density at radius 2 is 2.10 bits per heavy atom. The number of nitriles is 1. The summed E-state index contributed by atoms with van der Waals surface area (Å²) in [5, 5.41) is 8.97. The lowest BCUT2D eigenvalue weighted by atomic mass is 10.2. The third-order valence-electron chi connectivity index (χ3n) is 2.91. The van der Waals surface area contributed by atoms with Gasteiger partial charge in [0.1, 0.15) is 18.4 Å². The van der Waals surface area contributed by atoms with Crippen molar-refractivity contribution >= 4 is 0 Å². The van der Waals surface area contributed by atoms with Crippen LogP contribution < -0.4 is 4.74 Å². The van der Waals surface area contributed by atoms with Crippen LogP contribution in [-0.4, -0.2) is 30.1 Å². The summed E-state index contributed by atoms with van der Waals surface area (Å²) in [4.78, 5) is 6.25. The Morgan fingerprint density at radius 3 is 2.85 bits per heavy atom. The molecule has 0 saturated heterocycles. The maximum absolute atomic E-state index is 8.97. The second-order valence-corrected chi connectivity index (χ2v) is 4.56. The molecule has 0 radical (unpaired) electrons. The SMILES string of the molecule is CN(CCOc1ccccc1C#N)Cc1cccnc1. The minimum absolute atomic E-state index is 0.551. The van der Waals surface area contributed by atoms with Crippen LogP contribution in [0.4, 0.5) is 0 Å². The minimum Gasteiger partial charge on any atom is -0.491 e. The number of hydrogen-bond donors (Lipinski definition) is 0. The molecule has 0 amide bonds. The molecule has 20 heavy (non-hydrogen) atoms. The minimum atomic E-state index is 0.551. The summed E-state index contributed by atoms with van der Waals surface area (Å²) >= 11 is 0. The van der Waals surface area contributed by atoms with Crippen molar-refractivity contribution in [2.45, 2.75) is 6.54 Å². The summed E-state index contributed by atoms with van der Waals surface area (Å²) < 4.78 is 5.66. The van der Waals surface area contributed by atoms with Crippen molar-refractivity contribution in [3.8, 4) is 11.8 Å². The van der Waals surface area contributed by atoms with Crippen LogP contribution >= 0.6 is 0 Å². The van der Waals surface area contributed by atoms with Crippen LogP contribution in [0.2, 0.25) is 0 Å². The fourth-order valence-corrected chi connectivity index (χ4v) is 1.88. The van der Waals surface area contributed by atoms with E-state index in [1.54, 1.807) is 12.3 Å². The van der Waals surface area contributed by atoms with Crippen molar-refractivity contribution in [3.63, 3.8) is 0 Å². The number of benzene rings is 1. The van der Waals surface area contributed by atoms with Crippen molar-refractivity contribution < 1.29 is 4.74 Å². The van der Waals surface area contributed by atoms with E-state index in [-0.39, 0.29) is 0 Å². The summed E-state index contributed by atoms with van der Waals surface area (Å²) in [7, 11) is 2.03. The Bertz CT molecular complexity index is 578. The van der Waals surface area contributed by atoms with Crippen LogP contribution in [0.25, 0.3) is 0 Å². The zero-order valence-electron chi connectivity index (χ0n) is 11.5. The maximum Gasteiger partial charge on any atom is 0.137 e. The highest BCUT2D eigenvalue weighted by Gasteiger charge is 2.03. The van der Waals surface area contributed by atoms with E-state index in [4.69, 9.17) is 10.00 Å². The van der Waals surface area contributed by atoms with Gasteiger partial charge in [0.2, 0.25) is 0 Å². The first-order chi connectivity index (χ1) is 9.79. The molecule has 1 heterocycles. The van der Waals surface area contributed by atoms with Crippen LogP contribution in [0.5, 0.6) is 5.75 Å². The second-order valence-electron chi connectivity index (χ2n) is 4.56. The van der Waals surface area contributed by atoms with Gasteiger partial charge >= 0.3 is 0 Å². The zero-order valence-corrected chi connectivity index (χ0v) is 11.5. The van der Waals surface area contributed by atoms with Crippen LogP contribution in [0, 0.1) is 11.3 Å².